The van der Waals surface area contributed by atoms with Crippen molar-refractivity contribution < 1.29 is 9.59 Å². The zero-order valence-corrected chi connectivity index (χ0v) is 19.2. The van der Waals surface area contributed by atoms with Crippen LogP contribution < -0.4 is 15.1 Å². The molecule has 1 aromatic heterocycles. The van der Waals surface area contributed by atoms with Gasteiger partial charge in [0.1, 0.15) is 17.5 Å². The third-order valence-corrected chi connectivity index (χ3v) is 5.92. The lowest BCUT2D eigenvalue weighted by atomic mass is 10.1. The van der Waals surface area contributed by atoms with E-state index in [2.05, 4.69) is 16.5 Å². The number of para-hydroxylation sites is 2. The second kappa shape index (κ2) is 10.0. The van der Waals surface area contributed by atoms with Gasteiger partial charge in [0.05, 0.1) is 17.9 Å². The van der Waals surface area contributed by atoms with Crippen molar-refractivity contribution in [1.29, 1.82) is 5.26 Å². The van der Waals surface area contributed by atoms with E-state index in [0.717, 1.165) is 22.5 Å². The second-order valence-corrected chi connectivity index (χ2v) is 8.09. The highest BCUT2D eigenvalue weighted by atomic mass is 16.2. The fourth-order valence-electron chi connectivity index (χ4n) is 4.14. The number of amides is 1. The number of allylic oxidation sites excluding steroid dienone is 1. The van der Waals surface area contributed by atoms with Crippen molar-refractivity contribution in [2.45, 2.75) is 25.9 Å². The fraction of sp³-hybridized carbons (Fsp3) is 0.231. The molecule has 1 aliphatic heterocycles. The molecule has 4 rings (SSSR count). The average Bonchev–Trinajstić information content (AvgIpc) is 3.45. The molecule has 0 unspecified atom stereocenters. The summed E-state index contributed by atoms with van der Waals surface area (Å²) in [5, 5.41) is 16.9. The van der Waals surface area contributed by atoms with Crippen LogP contribution in [-0.4, -0.2) is 35.6 Å². The minimum atomic E-state index is -0.349. The lowest BCUT2D eigenvalue weighted by Gasteiger charge is -2.19. The van der Waals surface area contributed by atoms with Gasteiger partial charge < -0.3 is 15.1 Å². The van der Waals surface area contributed by atoms with Crippen molar-refractivity contribution in [3.05, 3.63) is 89.5 Å². The molecule has 172 valence electrons. The third-order valence-electron chi connectivity index (χ3n) is 5.92. The number of carbonyl (C=O) groups excluding carboxylic acids is 2. The van der Waals surface area contributed by atoms with Crippen molar-refractivity contribution in [2.75, 3.05) is 23.9 Å². The van der Waals surface area contributed by atoms with Crippen LogP contribution in [0.3, 0.4) is 0 Å². The predicted octanol–water partition coefficient (Wildman–Crippen LogP) is 3.22. The molecule has 34 heavy (non-hydrogen) atoms. The van der Waals surface area contributed by atoms with E-state index in [1.165, 1.54) is 0 Å². The Morgan fingerprint density at radius 2 is 1.59 bits per heavy atom. The number of Topliss-reactive ketones (excluding diaryl/α,β-unsaturated/α-hetero) is 1. The largest absolute Gasteiger partial charge is 0.352 e. The molecule has 1 aliphatic rings. The highest BCUT2D eigenvalue weighted by molar-refractivity contribution is 6.03. The monoisotopic (exact) mass is 454 g/mol. The topological polar surface area (TPSA) is 94.3 Å². The molecule has 1 amide bonds. The molecule has 1 N–H and O–H groups in total. The minimum absolute atomic E-state index is 0.0129. The van der Waals surface area contributed by atoms with Crippen LogP contribution in [0.4, 0.5) is 11.4 Å². The molecule has 2 heterocycles. The highest BCUT2D eigenvalue weighted by Gasteiger charge is 2.31. The van der Waals surface area contributed by atoms with Crippen LogP contribution in [0.2, 0.25) is 0 Å². The Balaban J connectivity index is 1.37. The lowest BCUT2D eigenvalue weighted by molar-refractivity contribution is -0.124. The summed E-state index contributed by atoms with van der Waals surface area (Å²) in [7, 11) is 3.66. The first-order valence-corrected chi connectivity index (χ1v) is 11.0. The summed E-state index contributed by atoms with van der Waals surface area (Å²) >= 11 is 0. The van der Waals surface area contributed by atoms with Crippen molar-refractivity contribution in [1.82, 2.24) is 15.1 Å². The average molecular weight is 455 g/mol. The van der Waals surface area contributed by atoms with Gasteiger partial charge in [-0.3, -0.25) is 14.3 Å². The smallest absolute Gasteiger partial charge is 0.220 e. The minimum Gasteiger partial charge on any atom is -0.352 e. The maximum atomic E-state index is 12.9. The summed E-state index contributed by atoms with van der Waals surface area (Å²) in [4.78, 5) is 29.0. The Labute approximate surface area is 198 Å². The number of ketones is 1. The summed E-state index contributed by atoms with van der Waals surface area (Å²) in [5.41, 5.74) is 3.95. The van der Waals surface area contributed by atoms with Crippen LogP contribution >= 0.6 is 0 Å². The van der Waals surface area contributed by atoms with Crippen molar-refractivity contribution in [3.8, 4) is 6.07 Å². The molecule has 0 radical (unpaired) electrons. The quantitative estimate of drug-likeness (QED) is 0.415. The maximum Gasteiger partial charge on any atom is 0.220 e. The first-order valence-electron chi connectivity index (χ1n) is 11.0. The molecule has 3 aromatic rings. The van der Waals surface area contributed by atoms with Gasteiger partial charge in [-0.15, -0.1) is 0 Å². The van der Waals surface area contributed by atoms with Gasteiger partial charge in [0, 0.05) is 45.9 Å². The van der Waals surface area contributed by atoms with Gasteiger partial charge >= 0.3 is 0 Å². The number of benzene rings is 2. The lowest BCUT2D eigenvalue weighted by Crippen LogP contribution is -2.27. The Hall–Kier alpha value is -4.38. The van der Waals surface area contributed by atoms with Gasteiger partial charge in [0.2, 0.25) is 5.91 Å². The normalized spacial score (nSPS) is 12.3. The number of anilines is 2. The molecular formula is C26H26N6O2. The summed E-state index contributed by atoms with van der Waals surface area (Å²) in [6.07, 6.45) is 3.59. The molecule has 0 saturated carbocycles. The number of nitrogens with one attached hydrogen (secondary N) is 1. The van der Waals surface area contributed by atoms with Gasteiger partial charge in [-0.05, 0) is 29.3 Å². The zero-order chi connectivity index (χ0) is 24.1. The van der Waals surface area contributed by atoms with Gasteiger partial charge in [-0.25, -0.2) is 0 Å². The van der Waals surface area contributed by atoms with E-state index < -0.39 is 0 Å². The van der Waals surface area contributed by atoms with Crippen LogP contribution in [0, 0.1) is 11.3 Å². The third kappa shape index (κ3) is 4.69. The molecule has 2 aromatic carbocycles. The van der Waals surface area contributed by atoms with E-state index in [0.29, 0.717) is 18.9 Å². The van der Waals surface area contributed by atoms with Gasteiger partial charge in [0.15, 0.2) is 5.78 Å². The first-order chi connectivity index (χ1) is 16.5. The van der Waals surface area contributed by atoms with E-state index in [1.54, 1.807) is 6.20 Å². The van der Waals surface area contributed by atoms with E-state index in [4.69, 9.17) is 0 Å². The molecule has 0 aliphatic carbocycles. The van der Waals surface area contributed by atoms with Crippen LogP contribution in [0.5, 0.6) is 0 Å². The molecule has 0 fully saturated rings. The van der Waals surface area contributed by atoms with Crippen molar-refractivity contribution in [3.63, 3.8) is 0 Å². The number of nitrogens with zero attached hydrogens (tertiary/aromatic N) is 5. The Morgan fingerprint density at radius 1 is 0.941 bits per heavy atom. The number of rotatable bonds is 8. The van der Waals surface area contributed by atoms with E-state index >= 15 is 0 Å². The van der Waals surface area contributed by atoms with Gasteiger partial charge in [-0.1, -0.05) is 36.4 Å². The molecule has 8 heteroatoms. The van der Waals surface area contributed by atoms with E-state index in [-0.39, 0.29) is 30.1 Å². The predicted molar refractivity (Wildman–Crippen MR) is 130 cm³/mol. The summed E-state index contributed by atoms with van der Waals surface area (Å²) in [6.45, 7) is 0.970. The van der Waals surface area contributed by atoms with Crippen molar-refractivity contribution >= 4 is 23.1 Å². The number of nitriles is 1. The highest BCUT2D eigenvalue weighted by Crippen LogP contribution is 2.40. The number of fused-ring (bicyclic) bond motifs is 1. The Bertz CT molecular complexity index is 1240. The number of carbonyl (C=O) groups is 2. The summed E-state index contributed by atoms with van der Waals surface area (Å²) < 4.78 is 1.82. The zero-order valence-electron chi connectivity index (χ0n) is 19.2. The number of hydrogen-bond donors (Lipinski definition) is 1. The molecule has 0 saturated heterocycles. The first kappa shape index (κ1) is 22.8. The molecular weight excluding hydrogens is 428 g/mol. The Kier molecular flexibility index (Phi) is 6.74. The van der Waals surface area contributed by atoms with Crippen LogP contribution in [0.1, 0.15) is 24.0 Å². The molecule has 8 nitrogen and oxygen atoms in total. The molecule has 0 spiro atoms. The van der Waals surface area contributed by atoms with Crippen LogP contribution in [-0.2, 0) is 22.7 Å². The fourth-order valence-corrected chi connectivity index (χ4v) is 4.14. The van der Waals surface area contributed by atoms with Crippen molar-refractivity contribution in [2.24, 2.45) is 0 Å². The molecule has 0 atom stereocenters. The summed E-state index contributed by atoms with van der Waals surface area (Å²) in [6, 6.07) is 19.5. The van der Waals surface area contributed by atoms with Crippen LogP contribution in [0.15, 0.2) is 78.4 Å². The van der Waals surface area contributed by atoms with E-state index in [1.807, 2.05) is 89.4 Å². The van der Waals surface area contributed by atoms with Crippen LogP contribution in [0.25, 0.3) is 0 Å². The van der Waals surface area contributed by atoms with E-state index in [9.17, 15) is 14.9 Å². The molecule has 0 bridgehead atoms. The second-order valence-electron chi connectivity index (χ2n) is 8.09. The number of aromatic nitrogens is 2. The Morgan fingerprint density at radius 3 is 2.21 bits per heavy atom. The standard InChI is InChI=1S/C26H26N6O2/c1-30-22-10-5-6-11-23(22)31(2)26(30)21(16-27)24(33)12-13-25(34)28-17-19-8-3-4-9-20(19)18-32-15-7-14-29-32/h3-11,14-15H,12-13,17-18H2,1-2H3,(H,28,34). The SMILES string of the molecule is CN1C(=C(C#N)C(=O)CCC(=O)NCc2ccccc2Cn2cccn2)N(C)c2ccccc21. The maximum absolute atomic E-state index is 12.9. The van der Waals surface area contributed by atoms with Gasteiger partial charge in [0.25, 0.3) is 0 Å². The number of hydrogen-bond acceptors (Lipinski definition) is 6. The van der Waals surface area contributed by atoms with Gasteiger partial charge in [-0.2, -0.15) is 10.4 Å². The summed E-state index contributed by atoms with van der Waals surface area (Å²) in [5.74, 6) is -0.0548.